The number of rotatable bonds is 1. The van der Waals surface area contributed by atoms with Crippen LogP contribution in [0, 0.1) is 5.92 Å². The maximum atomic E-state index is 12.3. The Bertz CT molecular complexity index is 606. The second-order valence-electron chi connectivity index (χ2n) is 7.03. The van der Waals surface area contributed by atoms with Gasteiger partial charge in [-0.05, 0) is 44.7 Å². The van der Waals surface area contributed by atoms with Crippen LogP contribution in [-0.4, -0.2) is 35.6 Å². The number of fused-ring (bicyclic) bond motifs is 1. The molecule has 2 unspecified atom stereocenters. The molecule has 0 spiro atoms. The SMILES string of the molecule is CC(C)(C)OC(=O)N1CCC(C2C(=O)Nc3ccccc32)C1. The average Bonchev–Trinajstić information content (AvgIpc) is 2.99. The van der Waals surface area contributed by atoms with Crippen LogP contribution in [0.4, 0.5) is 10.5 Å². The zero-order chi connectivity index (χ0) is 15.9. The highest BCUT2D eigenvalue weighted by atomic mass is 16.6. The first kappa shape index (κ1) is 14.9. The second-order valence-corrected chi connectivity index (χ2v) is 7.03. The summed E-state index contributed by atoms with van der Waals surface area (Å²) in [4.78, 5) is 26.1. The number of carbonyl (C=O) groups is 2. The van der Waals surface area contributed by atoms with E-state index in [2.05, 4.69) is 5.32 Å². The summed E-state index contributed by atoms with van der Waals surface area (Å²) in [6, 6.07) is 7.79. The van der Waals surface area contributed by atoms with Gasteiger partial charge in [0.05, 0.1) is 5.92 Å². The van der Waals surface area contributed by atoms with Crippen molar-refractivity contribution in [1.82, 2.24) is 4.90 Å². The number of carbonyl (C=O) groups excluding carboxylic acids is 2. The van der Waals surface area contributed by atoms with Gasteiger partial charge in [-0.2, -0.15) is 0 Å². The van der Waals surface area contributed by atoms with Crippen molar-refractivity contribution in [2.45, 2.75) is 38.7 Å². The number of anilines is 1. The van der Waals surface area contributed by atoms with Gasteiger partial charge in [0.15, 0.2) is 0 Å². The van der Waals surface area contributed by atoms with Crippen molar-refractivity contribution in [2.24, 2.45) is 5.92 Å². The molecule has 2 amide bonds. The van der Waals surface area contributed by atoms with Crippen LogP contribution >= 0.6 is 0 Å². The highest BCUT2D eigenvalue weighted by Gasteiger charge is 2.41. The number of benzene rings is 1. The second kappa shape index (κ2) is 5.30. The monoisotopic (exact) mass is 302 g/mol. The first-order valence-electron chi connectivity index (χ1n) is 7.73. The average molecular weight is 302 g/mol. The van der Waals surface area contributed by atoms with Gasteiger partial charge < -0.3 is 15.0 Å². The lowest BCUT2D eigenvalue weighted by molar-refractivity contribution is -0.118. The molecule has 118 valence electrons. The van der Waals surface area contributed by atoms with Crippen molar-refractivity contribution in [3.8, 4) is 0 Å². The lowest BCUT2D eigenvalue weighted by Gasteiger charge is -2.25. The Balaban J connectivity index is 1.71. The highest BCUT2D eigenvalue weighted by molar-refractivity contribution is 6.03. The van der Waals surface area contributed by atoms with Crippen molar-refractivity contribution in [1.29, 1.82) is 0 Å². The Labute approximate surface area is 130 Å². The van der Waals surface area contributed by atoms with Gasteiger partial charge >= 0.3 is 6.09 Å². The molecular weight excluding hydrogens is 280 g/mol. The van der Waals surface area contributed by atoms with E-state index in [-0.39, 0.29) is 23.8 Å². The molecule has 1 aromatic rings. The highest BCUT2D eigenvalue weighted by Crippen LogP contribution is 2.40. The van der Waals surface area contributed by atoms with Crippen LogP contribution in [0.15, 0.2) is 24.3 Å². The molecule has 0 bridgehead atoms. The minimum atomic E-state index is -0.494. The number of hydrogen-bond acceptors (Lipinski definition) is 3. The smallest absolute Gasteiger partial charge is 0.410 e. The topological polar surface area (TPSA) is 58.6 Å². The number of hydrogen-bond donors (Lipinski definition) is 1. The standard InChI is InChI=1S/C17H22N2O3/c1-17(2,3)22-16(21)19-9-8-11(10-19)14-12-6-4-5-7-13(12)18-15(14)20/h4-7,11,14H,8-10H2,1-3H3,(H,18,20). The van der Waals surface area contributed by atoms with Crippen molar-refractivity contribution in [2.75, 3.05) is 18.4 Å². The van der Waals surface area contributed by atoms with Crippen LogP contribution in [0.5, 0.6) is 0 Å². The van der Waals surface area contributed by atoms with Crippen LogP contribution in [-0.2, 0) is 9.53 Å². The van der Waals surface area contributed by atoms with Crippen LogP contribution in [0.3, 0.4) is 0 Å². The molecule has 2 heterocycles. The van der Waals surface area contributed by atoms with Gasteiger partial charge in [0.25, 0.3) is 0 Å². The van der Waals surface area contributed by atoms with Gasteiger partial charge in [0.1, 0.15) is 5.60 Å². The Morgan fingerprint density at radius 3 is 2.77 bits per heavy atom. The predicted octanol–water partition coefficient (Wildman–Crippen LogP) is 2.98. The van der Waals surface area contributed by atoms with E-state index in [1.165, 1.54) is 0 Å². The van der Waals surface area contributed by atoms with E-state index < -0.39 is 5.60 Å². The molecule has 1 saturated heterocycles. The van der Waals surface area contributed by atoms with E-state index in [0.717, 1.165) is 17.7 Å². The van der Waals surface area contributed by atoms with Gasteiger partial charge in [0, 0.05) is 18.8 Å². The lowest BCUT2D eigenvalue weighted by atomic mass is 9.86. The zero-order valence-electron chi connectivity index (χ0n) is 13.3. The summed E-state index contributed by atoms with van der Waals surface area (Å²) >= 11 is 0. The van der Waals surface area contributed by atoms with Crippen LogP contribution in [0.2, 0.25) is 0 Å². The summed E-state index contributed by atoms with van der Waals surface area (Å²) in [6.07, 6.45) is 0.535. The number of para-hydroxylation sites is 1. The largest absolute Gasteiger partial charge is 0.444 e. The maximum Gasteiger partial charge on any atom is 0.410 e. The summed E-state index contributed by atoms with van der Waals surface area (Å²) in [5.74, 6) is 0.0250. The Morgan fingerprint density at radius 1 is 1.32 bits per heavy atom. The van der Waals surface area contributed by atoms with Crippen molar-refractivity contribution < 1.29 is 14.3 Å². The van der Waals surface area contributed by atoms with E-state index in [1.807, 2.05) is 45.0 Å². The molecule has 0 aromatic heterocycles. The normalized spacial score (nSPS) is 24.1. The summed E-state index contributed by atoms with van der Waals surface area (Å²) < 4.78 is 5.42. The molecule has 5 heteroatoms. The third-order valence-electron chi connectivity index (χ3n) is 4.18. The molecule has 1 N–H and O–H groups in total. The molecule has 2 aliphatic heterocycles. The molecule has 2 atom stereocenters. The van der Waals surface area contributed by atoms with Gasteiger partial charge in [-0.25, -0.2) is 4.79 Å². The summed E-state index contributed by atoms with van der Waals surface area (Å²) in [5.41, 5.74) is 1.45. The Kier molecular flexibility index (Phi) is 3.59. The fraction of sp³-hybridized carbons (Fsp3) is 0.529. The third-order valence-corrected chi connectivity index (χ3v) is 4.18. The molecule has 0 saturated carbocycles. The van der Waals surface area contributed by atoms with Crippen LogP contribution in [0.25, 0.3) is 0 Å². The number of likely N-dealkylation sites (tertiary alicyclic amines) is 1. The first-order chi connectivity index (χ1) is 10.3. The van der Waals surface area contributed by atoms with E-state index >= 15 is 0 Å². The third kappa shape index (κ3) is 2.80. The van der Waals surface area contributed by atoms with Gasteiger partial charge in [-0.1, -0.05) is 18.2 Å². The molecule has 2 aliphatic rings. The van der Waals surface area contributed by atoms with Gasteiger partial charge in [-0.3, -0.25) is 4.79 Å². The van der Waals surface area contributed by atoms with E-state index in [4.69, 9.17) is 4.74 Å². The molecule has 0 aliphatic carbocycles. The summed E-state index contributed by atoms with van der Waals surface area (Å²) in [6.45, 7) is 6.80. The van der Waals surface area contributed by atoms with Crippen LogP contribution in [0.1, 0.15) is 38.7 Å². The molecule has 1 fully saturated rings. The number of amides is 2. The molecule has 0 radical (unpaired) electrons. The van der Waals surface area contributed by atoms with Gasteiger partial charge in [0.2, 0.25) is 5.91 Å². The molecule has 3 rings (SSSR count). The number of nitrogens with one attached hydrogen (secondary N) is 1. The van der Waals surface area contributed by atoms with Crippen molar-refractivity contribution >= 4 is 17.7 Å². The fourth-order valence-electron chi connectivity index (χ4n) is 3.25. The number of ether oxygens (including phenoxy) is 1. The molecule has 5 nitrogen and oxygen atoms in total. The summed E-state index contributed by atoms with van der Waals surface area (Å²) in [7, 11) is 0. The van der Waals surface area contributed by atoms with Crippen LogP contribution < -0.4 is 5.32 Å². The quantitative estimate of drug-likeness (QED) is 0.867. The minimum Gasteiger partial charge on any atom is -0.444 e. The maximum absolute atomic E-state index is 12.3. The molecular formula is C17H22N2O3. The number of nitrogens with zero attached hydrogens (tertiary/aromatic N) is 1. The van der Waals surface area contributed by atoms with E-state index in [0.29, 0.717) is 13.1 Å². The Hall–Kier alpha value is -2.04. The van der Waals surface area contributed by atoms with Gasteiger partial charge in [-0.15, -0.1) is 0 Å². The van der Waals surface area contributed by atoms with E-state index in [1.54, 1.807) is 4.90 Å². The predicted molar refractivity (Wildman–Crippen MR) is 83.7 cm³/mol. The molecule has 1 aromatic carbocycles. The lowest BCUT2D eigenvalue weighted by Crippen LogP contribution is -2.36. The minimum absolute atomic E-state index is 0.0391. The molecule has 22 heavy (non-hydrogen) atoms. The zero-order valence-corrected chi connectivity index (χ0v) is 13.3. The first-order valence-corrected chi connectivity index (χ1v) is 7.73. The van der Waals surface area contributed by atoms with Crippen molar-refractivity contribution in [3.05, 3.63) is 29.8 Å². The fourth-order valence-corrected chi connectivity index (χ4v) is 3.25. The summed E-state index contributed by atoms with van der Waals surface area (Å²) in [5, 5.41) is 2.93. The Morgan fingerprint density at radius 2 is 2.05 bits per heavy atom. The van der Waals surface area contributed by atoms with E-state index in [9.17, 15) is 9.59 Å². The van der Waals surface area contributed by atoms with Crippen molar-refractivity contribution in [3.63, 3.8) is 0 Å².